The molecule has 90 valence electrons. The fraction of sp³-hybridized carbons (Fsp3) is 0.833. The first-order valence-electron chi connectivity index (χ1n) is 5.85. The van der Waals surface area contributed by atoms with Gasteiger partial charge in [-0.15, -0.1) is 6.54 Å². The summed E-state index contributed by atoms with van der Waals surface area (Å²) in [6.07, 6.45) is 5.41. The summed E-state index contributed by atoms with van der Waals surface area (Å²) in [4.78, 5) is 0. The molecule has 0 aromatic heterocycles. The van der Waals surface area contributed by atoms with E-state index in [1.165, 1.54) is 25.3 Å². The summed E-state index contributed by atoms with van der Waals surface area (Å²) in [5, 5.41) is 4.41. The first-order chi connectivity index (χ1) is 6.99. The second kappa shape index (κ2) is 13.8. The maximum absolute atomic E-state index is 6.38. The van der Waals surface area contributed by atoms with Crippen molar-refractivity contribution in [3.05, 3.63) is 18.0 Å². The first-order valence-corrected chi connectivity index (χ1v) is 10.1. The van der Waals surface area contributed by atoms with Crippen LogP contribution in [0.1, 0.15) is 26.2 Å². The summed E-state index contributed by atoms with van der Waals surface area (Å²) in [6.45, 7) is 13.6. The minimum atomic E-state index is -1.46. The summed E-state index contributed by atoms with van der Waals surface area (Å²) < 4.78 is 0. The monoisotopic (exact) mass is 259 g/mol. The second-order valence-electron chi connectivity index (χ2n) is 4.76. The van der Waals surface area contributed by atoms with Crippen LogP contribution in [0.15, 0.2) is 6.08 Å². The van der Waals surface area contributed by atoms with Gasteiger partial charge in [0.2, 0.25) is 0 Å². The van der Waals surface area contributed by atoms with Gasteiger partial charge in [0.1, 0.15) is 0 Å². The average Bonchev–Trinajstić information content (AvgIpc) is 2.12. The van der Waals surface area contributed by atoms with E-state index in [9.17, 15) is 0 Å². The van der Waals surface area contributed by atoms with Gasteiger partial charge in [0, 0.05) is 0 Å². The Morgan fingerprint density at radius 3 is 2.35 bits per heavy atom. The zero-order chi connectivity index (χ0) is 11.7. The number of hydrogen-bond donors (Lipinski definition) is 0. The van der Waals surface area contributed by atoms with Gasteiger partial charge in [0.05, 0.1) is 0 Å². The number of nitrogens with zero attached hydrogens (tertiary/aromatic N) is 1. The largest absolute Gasteiger partial charge is 1.00 e. The Morgan fingerprint density at radius 1 is 1.35 bits per heavy atom. The molecule has 0 rings (SSSR count). The van der Waals surface area contributed by atoms with Crippen LogP contribution in [0.4, 0.5) is 0 Å². The molecule has 1 atom stereocenters. The minimum absolute atomic E-state index is 0. The Balaban J connectivity index is -0.000000980. The van der Waals surface area contributed by atoms with Crippen molar-refractivity contribution in [3.63, 3.8) is 0 Å². The molecular formula is C12H24ClLi2NSi. The standard InChI is InChI=1S/C12H24ClNSi.2Li/c1-5-7-8-12(10-14-9-6-2)11-15(3,4)13;;/h2,6,12H,5,7-11H2,1,3-4H3;;/q-2;2*+1. The van der Waals surface area contributed by atoms with Crippen molar-refractivity contribution in [2.75, 3.05) is 13.1 Å². The van der Waals surface area contributed by atoms with E-state index in [4.69, 9.17) is 17.7 Å². The third-order valence-corrected chi connectivity index (χ3v) is 4.37. The van der Waals surface area contributed by atoms with E-state index in [1.807, 2.05) is 0 Å². The molecule has 0 aromatic rings. The van der Waals surface area contributed by atoms with Gasteiger partial charge in [0.25, 0.3) is 0 Å². The molecule has 0 saturated carbocycles. The van der Waals surface area contributed by atoms with E-state index < -0.39 is 7.38 Å². The summed E-state index contributed by atoms with van der Waals surface area (Å²) in [5.74, 6) is 0.670. The Kier molecular flexibility index (Phi) is 19.1. The van der Waals surface area contributed by atoms with Crippen LogP contribution in [0.25, 0.3) is 5.32 Å². The maximum Gasteiger partial charge on any atom is 1.00 e. The molecule has 5 heteroatoms. The van der Waals surface area contributed by atoms with Crippen molar-refractivity contribution < 1.29 is 37.7 Å². The predicted octanol–water partition coefficient (Wildman–Crippen LogP) is -1.39. The fourth-order valence-electron chi connectivity index (χ4n) is 1.77. The maximum atomic E-state index is 6.38. The molecule has 0 radical (unpaired) electrons. The zero-order valence-electron chi connectivity index (χ0n) is 12.3. The van der Waals surface area contributed by atoms with E-state index in [1.54, 1.807) is 6.08 Å². The first kappa shape index (κ1) is 23.5. The minimum Gasteiger partial charge on any atom is -0.661 e. The van der Waals surface area contributed by atoms with Crippen LogP contribution in [0, 0.1) is 12.5 Å². The average molecular weight is 260 g/mol. The zero-order valence-corrected chi connectivity index (χ0v) is 14.1. The van der Waals surface area contributed by atoms with Crippen LogP contribution in [0.3, 0.4) is 0 Å². The molecule has 17 heavy (non-hydrogen) atoms. The van der Waals surface area contributed by atoms with E-state index >= 15 is 0 Å². The van der Waals surface area contributed by atoms with Gasteiger partial charge in [-0.3, -0.25) is 6.08 Å². The van der Waals surface area contributed by atoms with Crippen molar-refractivity contribution in [1.29, 1.82) is 0 Å². The van der Waals surface area contributed by atoms with Gasteiger partial charge >= 0.3 is 37.7 Å². The van der Waals surface area contributed by atoms with Crippen LogP contribution >= 0.6 is 11.1 Å². The quantitative estimate of drug-likeness (QED) is 0.210. The third kappa shape index (κ3) is 17.4. The Morgan fingerprint density at radius 2 is 1.94 bits per heavy atom. The number of hydrogen-bond acceptors (Lipinski definition) is 0. The number of halogens is 1. The normalized spacial score (nSPS) is 12.2. The van der Waals surface area contributed by atoms with Gasteiger partial charge in [-0.2, -0.15) is 17.6 Å². The van der Waals surface area contributed by atoms with Gasteiger partial charge < -0.3 is 11.9 Å². The van der Waals surface area contributed by atoms with Crippen molar-refractivity contribution >= 4 is 18.5 Å². The van der Waals surface area contributed by atoms with Crippen LogP contribution in [-0.2, 0) is 0 Å². The van der Waals surface area contributed by atoms with Crippen molar-refractivity contribution in [3.8, 4) is 0 Å². The third-order valence-electron chi connectivity index (χ3n) is 2.36. The molecule has 0 N–H and O–H groups in total. The molecule has 0 aliphatic heterocycles. The van der Waals surface area contributed by atoms with Crippen LogP contribution in [-0.4, -0.2) is 20.5 Å². The van der Waals surface area contributed by atoms with Gasteiger partial charge in [0.15, 0.2) is 7.38 Å². The molecule has 0 saturated heterocycles. The topological polar surface area (TPSA) is 14.1 Å². The van der Waals surface area contributed by atoms with Crippen LogP contribution in [0.5, 0.6) is 0 Å². The van der Waals surface area contributed by atoms with Crippen molar-refractivity contribution in [1.82, 2.24) is 0 Å². The van der Waals surface area contributed by atoms with Gasteiger partial charge in [-0.1, -0.05) is 45.2 Å². The number of unbranched alkanes of at least 4 members (excludes halogenated alkanes) is 1. The number of rotatable bonds is 9. The second-order valence-corrected chi connectivity index (χ2v) is 11.7. The van der Waals surface area contributed by atoms with E-state index in [-0.39, 0.29) is 37.7 Å². The molecule has 0 aliphatic carbocycles. The molecule has 1 unspecified atom stereocenters. The molecule has 0 spiro atoms. The Bertz CT molecular complexity index is 174. The Hall–Kier alpha value is 1.40. The molecule has 0 amide bonds. The summed E-state index contributed by atoms with van der Waals surface area (Å²) in [5.41, 5.74) is 0. The molecule has 0 fully saturated rings. The fourth-order valence-corrected chi connectivity index (χ4v) is 4.13. The molecule has 0 aliphatic rings. The van der Waals surface area contributed by atoms with Crippen LogP contribution in [0.2, 0.25) is 19.1 Å². The molecule has 0 heterocycles. The van der Waals surface area contributed by atoms with Crippen molar-refractivity contribution in [2.24, 2.45) is 5.92 Å². The van der Waals surface area contributed by atoms with Crippen molar-refractivity contribution in [2.45, 2.75) is 45.3 Å². The van der Waals surface area contributed by atoms with Gasteiger partial charge in [-0.05, 0) is 6.04 Å². The van der Waals surface area contributed by atoms with E-state index in [0.717, 1.165) is 6.54 Å². The predicted molar refractivity (Wildman–Crippen MR) is 73.1 cm³/mol. The van der Waals surface area contributed by atoms with Crippen LogP contribution < -0.4 is 37.7 Å². The summed E-state index contributed by atoms with van der Waals surface area (Å²) in [7, 11) is -1.46. The molecular weight excluding hydrogens is 236 g/mol. The van der Waals surface area contributed by atoms with Gasteiger partial charge in [-0.25, -0.2) is 0 Å². The molecule has 1 nitrogen and oxygen atoms in total. The SMILES string of the molecule is [CH-]=CC[N-]CC(CCCC)C[Si](C)(C)Cl.[Li+].[Li+]. The summed E-state index contributed by atoms with van der Waals surface area (Å²) in [6, 6.07) is 1.17. The molecule has 0 bridgehead atoms. The van der Waals surface area contributed by atoms with E-state index in [0.29, 0.717) is 12.5 Å². The van der Waals surface area contributed by atoms with E-state index in [2.05, 4.69) is 25.3 Å². The Labute approximate surface area is 138 Å². The summed E-state index contributed by atoms with van der Waals surface area (Å²) >= 11 is 6.38. The smallest absolute Gasteiger partial charge is 0.661 e. The molecule has 0 aromatic carbocycles.